The number of thiocarbonyl (C=S) groups is 1. The second-order valence-corrected chi connectivity index (χ2v) is 7.67. The Balaban J connectivity index is 2.07. The molecule has 154 valence electrons. The molecule has 30 heavy (non-hydrogen) atoms. The second kappa shape index (κ2) is 9.65. The first-order chi connectivity index (χ1) is 14.4. The summed E-state index contributed by atoms with van der Waals surface area (Å²) in [4.78, 5) is 0.322. The van der Waals surface area contributed by atoms with Crippen LogP contribution in [0.5, 0.6) is 0 Å². The van der Waals surface area contributed by atoms with Crippen molar-refractivity contribution >= 4 is 34.3 Å². The smallest absolute Gasteiger partial charge is 0.238 e. The predicted octanol–water partition coefficient (Wildman–Crippen LogP) is 3.77. The van der Waals surface area contributed by atoms with E-state index in [0.29, 0.717) is 21.8 Å². The molecule has 3 rings (SSSR count). The fraction of sp³-hybridized carbons (Fsp3) is 0.200. The quantitative estimate of drug-likeness (QED) is 0.277. The van der Waals surface area contributed by atoms with E-state index in [9.17, 15) is 10.2 Å². The van der Waals surface area contributed by atoms with Gasteiger partial charge in [-0.05, 0) is 66.5 Å². The molecule has 0 aliphatic heterocycles. The van der Waals surface area contributed by atoms with Crippen LogP contribution in [0.3, 0.4) is 0 Å². The maximum Gasteiger partial charge on any atom is 0.238 e. The molecular formula is C25H26N2O2S. The molecule has 2 N–H and O–H groups in total. The first kappa shape index (κ1) is 21.7. The van der Waals surface area contributed by atoms with Gasteiger partial charge in [-0.15, -0.1) is 0 Å². The lowest BCUT2D eigenvalue weighted by molar-refractivity contribution is -0.578. The number of pyridine rings is 1. The zero-order chi connectivity index (χ0) is 21.7. The fourth-order valence-electron chi connectivity index (χ4n) is 3.13. The molecule has 0 aliphatic carbocycles. The molecule has 0 spiro atoms. The van der Waals surface area contributed by atoms with Crippen LogP contribution in [-0.4, -0.2) is 10.1 Å². The van der Waals surface area contributed by atoms with Crippen molar-refractivity contribution in [2.24, 2.45) is 0 Å². The number of aromatic nitrogens is 1. The van der Waals surface area contributed by atoms with E-state index in [2.05, 4.69) is 12.2 Å². The van der Waals surface area contributed by atoms with Crippen molar-refractivity contribution in [1.29, 1.82) is 0 Å². The monoisotopic (exact) mass is 418 g/mol. The van der Waals surface area contributed by atoms with Gasteiger partial charge in [0.15, 0.2) is 17.4 Å². The molecule has 1 heterocycles. The second-order valence-electron chi connectivity index (χ2n) is 7.26. The number of nitrogens with zero attached hydrogens (tertiary/aromatic N) is 1. The Morgan fingerprint density at radius 2 is 1.77 bits per heavy atom. The Kier molecular flexibility index (Phi) is 6.98. The van der Waals surface area contributed by atoms with Gasteiger partial charge >= 0.3 is 0 Å². The molecule has 0 bridgehead atoms. The molecule has 0 aliphatic rings. The molecule has 1 aromatic heterocycles. The van der Waals surface area contributed by atoms with E-state index >= 15 is 0 Å². The molecule has 0 saturated heterocycles. The Morgan fingerprint density at radius 1 is 1.03 bits per heavy atom. The summed E-state index contributed by atoms with van der Waals surface area (Å²) in [5, 5.41) is 26.2. The lowest BCUT2D eigenvalue weighted by atomic mass is 10.0. The highest BCUT2D eigenvalue weighted by Crippen LogP contribution is 2.20. The van der Waals surface area contributed by atoms with E-state index in [4.69, 9.17) is 12.2 Å². The van der Waals surface area contributed by atoms with Gasteiger partial charge in [0.1, 0.15) is 0 Å². The van der Waals surface area contributed by atoms with Crippen molar-refractivity contribution in [3.05, 3.63) is 94.8 Å². The van der Waals surface area contributed by atoms with Crippen LogP contribution in [0.1, 0.15) is 34.7 Å². The van der Waals surface area contributed by atoms with E-state index < -0.39 is 0 Å². The summed E-state index contributed by atoms with van der Waals surface area (Å²) in [5.41, 5.74) is 5.82. The highest BCUT2D eigenvalue weighted by molar-refractivity contribution is 7.81. The summed E-state index contributed by atoms with van der Waals surface area (Å²) in [5.74, 6) is -0.180. The SMILES string of the molecule is CCc1ccc(NC(=S)C(=C([O-])c2ccc(C)c(C)c2)[n+]2cccc(CO)c2)cc1. The maximum absolute atomic E-state index is 13.5. The number of hydrogen-bond donors (Lipinski definition) is 2. The third-order valence-electron chi connectivity index (χ3n) is 5.12. The Hall–Kier alpha value is -3.02. The zero-order valence-electron chi connectivity index (χ0n) is 17.5. The first-order valence-electron chi connectivity index (χ1n) is 9.93. The van der Waals surface area contributed by atoms with Crippen molar-refractivity contribution in [3.63, 3.8) is 0 Å². The third-order valence-corrected chi connectivity index (χ3v) is 5.42. The minimum Gasteiger partial charge on any atom is -0.867 e. The van der Waals surface area contributed by atoms with E-state index in [1.165, 1.54) is 5.56 Å². The normalized spacial score (nSPS) is 11.7. The molecule has 4 nitrogen and oxygen atoms in total. The number of anilines is 1. The summed E-state index contributed by atoms with van der Waals surface area (Å²) in [6.45, 7) is 5.98. The molecule has 0 radical (unpaired) electrons. The van der Waals surface area contributed by atoms with Gasteiger partial charge in [0.05, 0.1) is 6.61 Å². The number of rotatable bonds is 6. The fourth-order valence-corrected chi connectivity index (χ4v) is 3.44. The van der Waals surface area contributed by atoms with Gasteiger partial charge < -0.3 is 15.5 Å². The van der Waals surface area contributed by atoms with Gasteiger partial charge in [-0.25, -0.2) is 0 Å². The molecule has 5 heteroatoms. The molecule has 0 unspecified atom stereocenters. The first-order valence-corrected chi connectivity index (χ1v) is 10.3. The van der Waals surface area contributed by atoms with Gasteiger partial charge in [-0.3, -0.25) is 0 Å². The Labute approximate surface area is 183 Å². The Bertz CT molecular complexity index is 1090. The average molecular weight is 419 g/mol. The van der Waals surface area contributed by atoms with Gasteiger partial charge in [0.2, 0.25) is 5.70 Å². The number of benzene rings is 2. The lowest BCUT2D eigenvalue weighted by Crippen LogP contribution is -2.40. The number of nitrogens with one attached hydrogen (secondary N) is 1. The topological polar surface area (TPSA) is 59.2 Å². The summed E-state index contributed by atoms with van der Waals surface area (Å²) >= 11 is 5.66. The van der Waals surface area contributed by atoms with Crippen molar-refractivity contribution in [1.82, 2.24) is 0 Å². The van der Waals surface area contributed by atoms with Crippen LogP contribution in [0.25, 0.3) is 11.5 Å². The van der Waals surface area contributed by atoms with Crippen molar-refractivity contribution in [3.8, 4) is 0 Å². The minimum atomic E-state index is -0.180. The highest BCUT2D eigenvalue weighted by Gasteiger charge is 2.20. The van der Waals surface area contributed by atoms with Gasteiger partial charge in [0, 0.05) is 17.3 Å². The number of aliphatic hydroxyl groups excluding tert-OH is 1. The Morgan fingerprint density at radius 3 is 2.40 bits per heavy atom. The predicted molar refractivity (Wildman–Crippen MR) is 124 cm³/mol. The molecule has 0 fully saturated rings. The molecule has 0 atom stereocenters. The summed E-state index contributed by atoms with van der Waals surface area (Å²) in [6, 6.07) is 17.2. The van der Waals surface area contributed by atoms with Crippen molar-refractivity contribution in [2.45, 2.75) is 33.8 Å². The van der Waals surface area contributed by atoms with E-state index in [1.807, 2.05) is 56.3 Å². The van der Waals surface area contributed by atoms with Crippen LogP contribution in [-0.2, 0) is 13.0 Å². The highest BCUT2D eigenvalue weighted by atomic mass is 32.1. The standard InChI is InChI=1S/C25H26N2O2S/c1-4-19-8-11-22(12-9-19)26-25(30)23(27-13-5-6-20(15-27)16-28)24(29)21-10-7-17(2)18(3)14-21/h5-15,28H,4,16H2,1-3H3,(H-,26,29,30). The largest absolute Gasteiger partial charge is 0.867 e. The molecule has 3 aromatic rings. The van der Waals surface area contributed by atoms with Crippen LogP contribution in [0.15, 0.2) is 67.0 Å². The number of aliphatic hydroxyl groups is 1. The van der Waals surface area contributed by atoms with Gasteiger partial charge in [-0.1, -0.05) is 49.5 Å². The molecule has 2 aromatic carbocycles. The molecule has 0 amide bonds. The van der Waals surface area contributed by atoms with Crippen LogP contribution in [0, 0.1) is 13.8 Å². The van der Waals surface area contributed by atoms with E-state index in [0.717, 1.165) is 23.2 Å². The summed E-state index contributed by atoms with van der Waals surface area (Å²) in [6.07, 6.45) is 4.45. The van der Waals surface area contributed by atoms with Crippen molar-refractivity contribution in [2.75, 3.05) is 5.32 Å². The van der Waals surface area contributed by atoms with Crippen LogP contribution in [0.4, 0.5) is 5.69 Å². The van der Waals surface area contributed by atoms with Gasteiger partial charge in [0.25, 0.3) is 0 Å². The average Bonchev–Trinajstić information content (AvgIpc) is 2.76. The number of hydrogen-bond acceptors (Lipinski definition) is 3. The number of aryl methyl sites for hydroxylation is 3. The van der Waals surface area contributed by atoms with Crippen LogP contribution in [0.2, 0.25) is 0 Å². The zero-order valence-corrected chi connectivity index (χ0v) is 18.3. The summed E-state index contributed by atoms with van der Waals surface area (Å²) in [7, 11) is 0. The lowest BCUT2D eigenvalue weighted by Gasteiger charge is -2.18. The van der Waals surface area contributed by atoms with Crippen LogP contribution >= 0.6 is 12.2 Å². The van der Waals surface area contributed by atoms with Crippen molar-refractivity contribution < 1.29 is 14.8 Å². The van der Waals surface area contributed by atoms with Gasteiger partial charge in [-0.2, -0.15) is 4.57 Å². The van der Waals surface area contributed by atoms with E-state index in [1.54, 1.807) is 29.1 Å². The minimum absolute atomic E-state index is 0.120. The molecular weight excluding hydrogens is 392 g/mol. The molecule has 0 saturated carbocycles. The summed E-state index contributed by atoms with van der Waals surface area (Å²) < 4.78 is 1.68. The third kappa shape index (κ3) is 4.93. The maximum atomic E-state index is 13.5. The van der Waals surface area contributed by atoms with Crippen LogP contribution < -0.4 is 15.0 Å². The van der Waals surface area contributed by atoms with E-state index in [-0.39, 0.29) is 12.4 Å².